The fourth-order valence-electron chi connectivity index (χ4n) is 2.88. The molecular weight excluding hydrogens is 367 g/mol. The van der Waals surface area contributed by atoms with Gasteiger partial charge in [0.2, 0.25) is 5.82 Å². The van der Waals surface area contributed by atoms with Crippen LogP contribution in [-0.4, -0.2) is 44.7 Å². The number of carbonyl (C=O) groups excluding carboxylic acids is 2. The lowest BCUT2D eigenvalue weighted by Crippen LogP contribution is -2.50. The van der Waals surface area contributed by atoms with Crippen LogP contribution in [0.5, 0.6) is 5.75 Å². The third-order valence-corrected chi connectivity index (χ3v) is 4.20. The Kier molecular flexibility index (Phi) is 4.44. The monoisotopic (exact) mass is 382 g/mol. The van der Waals surface area contributed by atoms with Crippen molar-refractivity contribution in [2.45, 2.75) is 12.6 Å². The number of amides is 2. The zero-order chi connectivity index (χ0) is 19.7. The number of halogens is 1. The molecule has 2 aromatic carbocycles. The van der Waals surface area contributed by atoms with E-state index in [2.05, 4.69) is 15.4 Å². The normalized spacial score (nSPS) is 15.6. The summed E-state index contributed by atoms with van der Waals surface area (Å²) >= 11 is 0. The Balaban J connectivity index is 1.56. The maximum atomic E-state index is 13.4. The molecule has 0 fully saturated rings. The van der Waals surface area contributed by atoms with Crippen LogP contribution in [0, 0.1) is 5.82 Å². The third-order valence-electron chi connectivity index (χ3n) is 4.20. The molecule has 2 heterocycles. The average molecular weight is 382 g/mol. The Morgan fingerprint density at radius 1 is 1.21 bits per heavy atom. The van der Waals surface area contributed by atoms with Crippen LogP contribution in [0.1, 0.15) is 0 Å². The van der Waals surface area contributed by atoms with Crippen molar-refractivity contribution >= 4 is 17.5 Å². The molecule has 0 saturated carbocycles. The predicted octanol–water partition coefficient (Wildman–Crippen LogP) is 0.759. The minimum absolute atomic E-state index is 0.0172. The number of hydrogen-bond donors (Lipinski definition) is 1. The quantitative estimate of drug-likeness (QED) is 0.712. The van der Waals surface area contributed by atoms with Gasteiger partial charge in [-0.2, -0.15) is 4.80 Å². The van der Waals surface area contributed by atoms with Gasteiger partial charge in [0.25, 0.3) is 11.8 Å². The Hall–Kier alpha value is -3.82. The van der Waals surface area contributed by atoms with Crippen molar-refractivity contribution in [1.82, 2.24) is 20.2 Å². The molecule has 0 spiro atoms. The molecule has 1 aromatic heterocycles. The number of nitrogens with zero attached hydrogens (tertiary/aromatic N) is 5. The molecule has 10 heteroatoms. The van der Waals surface area contributed by atoms with Gasteiger partial charge in [-0.3, -0.25) is 9.59 Å². The fraction of sp³-hybridized carbons (Fsp3) is 0.167. The lowest BCUT2D eigenvalue weighted by molar-refractivity contribution is -0.125. The van der Waals surface area contributed by atoms with Crippen LogP contribution in [-0.2, 0) is 16.1 Å². The topological polar surface area (TPSA) is 116 Å². The van der Waals surface area contributed by atoms with Gasteiger partial charge >= 0.3 is 0 Å². The lowest BCUT2D eigenvalue weighted by Gasteiger charge is -2.33. The largest absolute Gasteiger partial charge is 0.477 e. The summed E-state index contributed by atoms with van der Waals surface area (Å²) in [5, 5.41) is 11.8. The summed E-state index contributed by atoms with van der Waals surface area (Å²) in [6.45, 7) is -0.237. The second-order valence-electron chi connectivity index (χ2n) is 6.13. The van der Waals surface area contributed by atoms with E-state index in [1.165, 1.54) is 23.1 Å². The number of nitrogens with two attached hydrogens (primary N) is 1. The van der Waals surface area contributed by atoms with E-state index in [-0.39, 0.29) is 24.8 Å². The van der Waals surface area contributed by atoms with E-state index in [1.807, 2.05) is 0 Å². The molecule has 1 aliphatic rings. The number of ether oxygens (including phenoxy) is 1. The molecule has 1 aliphatic heterocycles. The average Bonchev–Trinajstić information content (AvgIpc) is 3.15. The first-order chi connectivity index (χ1) is 13.5. The Morgan fingerprint density at radius 2 is 2.04 bits per heavy atom. The number of carbonyl (C=O) groups is 2. The van der Waals surface area contributed by atoms with E-state index in [0.29, 0.717) is 17.0 Å². The Bertz CT molecular complexity index is 1050. The molecule has 0 aliphatic carbocycles. The number of aromatic nitrogens is 4. The van der Waals surface area contributed by atoms with Crippen LogP contribution in [0.2, 0.25) is 0 Å². The molecule has 4 rings (SSSR count). The highest BCUT2D eigenvalue weighted by Crippen LogP contribution is 2.33. The number of fused-ring (bicyclic) bond motifs is 1. The highest BCUT2D eigenvalue weighted by molar-refractivity contribution is 5.96. The van der Waals surface area contributed by atoms with Gasteiger partial charge in [-0.25, -0.2) is 4.39 Å². The van der Waals surface area contributed by atoms with Crippen molar-refractivity contribution in [2.24, 2.45) is 5.73 Å². The molecule has 2 amide bonds. The lowest BCUT2D eigenvalue weighted by atomic mass is 10.1. The van der Waals surface area contributed by atoms with Gasteiger partial charge in [-0.05, 0) is 29.5 Å². The van der Waals surface area contributed by atoms with Gasteiger partial charge in [0.15, 0.2) is 6.10 Å². The minimum atomic E-state index is -0.953. The Morgan fingerprint density at radius 3 is 2.82 bits per heavy atom. The summed E-state index contributed by atoms with van der Waals surface area (Å²) in [5.74, 6) is -0.875. The molecule has 0 unspecified atom stereocenters. The maximum Gasteiger partial charge on any atom is 0.260 e. The van der Waals surface area contributed by atoms with Crippen molar-refractivity contribution in [1.29, 1.82) is 0 Å². The van der Waals surface area contributed by atoms with Gasteiger partial charge in [-0.1, -0.05) is 24.3 Å². The number of tetrazole rings is 1. The highest BCUT2D eigenvalue weighted by Gasteiger charge is 2.32. The van der Waals surface area contributed by atoms with Crippen molar-refractivity contribution in [3.8, 4) is 17.1 Å². The second-order valence-corrected chi connectivity index (χ2v) is 6.13. The third kappa shape index (κ3) is 3.39. The SMILES string of the molecule is NC(=O)[C@H]1CN(C(=O)Cn2nnc(-c3cccc(F)c3)n2)c2ccccc2O1. The van der Waals surface area contributed by atoms with E-state index >= 15 is 0 Å². The molecule has 0 radical (unpaired) electrons. The van der Waals surface area contributed by atoms with Crippen LogP contribution in [0.3, 0.4) is 0 Å². The maximum absolute atomic E-state index is 13.4. The van der Waals surface area contributed by atoms with Gasteiger partial charge in [-0.15, -0.1) is 10.2 Å². The molecule has 9 nitrogen and oxygen atoms in total. The molecule has 1 atom stereocenters. The predicted molar refractivity (Wildman–Crippen MR) is 95.6 cm³/mol. The van der Waals surface area contributed by atoms with Crippen molar-refractivity contribution in [3.05, 3.63) is 54.3 Å². The summed E-state index contributed by atoms with van der Waals surface area (Å²) in [6.07, 6.45) is -0.953. The number of benzene rings is 2. The minimum Gasteiger partial charge on any atom is -0.477 e. The molecule has 0 saturated heterocycles. The van der Waals surface area contributed by atoms with E-state index in [1.54, 1.807) is 30.3 Å². The van der Waals surface area contributed by atoms with Crippen LogP contribution in [0.4, 0.5) is 10.1 Å². The zero-order valence-corrected chi connectivity index (χ0v) is 14.5. The number of rotatable bonds is 4. The molecular formula is C18H15FN6O3. The van der Waals surface area contributed by atoms with Crippen LogP contribution in [0.15, 0.2) is 48.5 Å². The number of para-hydroxylation sites is 2. The fourth-order valence-corrected chi connectivity index (χ4v) is 2.88. The first-order valence-corrected chi connectivity index (χ1v) is 8.40. The summed E-state index contributed by atoms with van der Waals surface area (Å²) in [6, 6.07) is 12.6. The number of anilines is 1. The summed E-state index contributed by atoms with van der Waals surface area (Å²) in [4.78, 5) is 26.9. The summed E-state index contributed by atoms with van der Waals surface area (Å²) < 4.78 is 18.9. The summed E-state index contributed by atoms with van der Waals surface area (Å²) in [7, 11) is 0. The van der Waals surface area contributed by atoms with Gasteiger partial charge in [0, 0.05) is 5.56 Å². The van der Waals surface area contributed by atoms with Crippen LogP contribution in [0.25, 0.3) is 11.4 Å². The van der Waals surface area contributed by atoms with Gasteiger partial charge < -0.3 is 15.4 Å². The van der Waals surface area contributed by atoms with Crippen molar-refractivity contribution in [3.63, 3.8) is 0 Å². The first kappa shape index (κ1) is 17.6. The van der Waals surface area contributed by atoms with E-state index in [4.69, 9.17) is 10.5 Å². The van der Waals surface area contributed by atoms with E-state index in [0.717, 1.165) is 4.80 Å². The molecule has 28 heavy (non-hydrogen) atoms. The van der Waals surface area contributed by atoms with Crippen molar-refractivity contribution < 1.29 is 18.7 Å². The molecule has 142 valence electrons. The second kappa shape index (κ2) is 7.06. The zero-order valence-electron chi connectivity index (χ0n) is 14.5. The van der Waals surface area contributed by atoms with E-state index in [9.17, 15) is 14.0 Å². The van der Waals surface area contributed by atoms with Crippen molar-refractivity contribution in [2.75, 3.05) is 11.4 Å². The standard InChI is InChI=1S/C18H15FN6O3/c19-12-5-3-4-11(8-12)18-21-23-25(22-18)10-16(26)24-9-15(17(20)27)28-14-7-2-1-6-13(14)24/h1-8,15H,9-10H2,(H2,20,27)/t15-/m1/s1. The van der Waals surface area contributed by atoms with Gasteiger partial charge in [0.1, 0.15) is 18.1 Å². The molecule has 2 N–H and O–H groups in total. The highest BCUT2D eigenvalue weighted by atomic mass is 19.1. The molecule has 0 bridgehead atoms. The number of hydrogen-bond acceptors (Lipinski definition) is 6. The number of primary amides is 1. The van der Waals surface area contributed by atoms with Crippen LogP contribution >= 0.6 is 0 Å². The van der Waals surface area contributed by atoms with E-state index < -0.39 is 17.8 Å². The first-order valence-electron chi connectivity index (χ1n) is 8.40. The summed E-state index contributed by atoms with van der Waals surface area (Å²) in [5.41, 5.74) is 6.32. The smallest absolute Gasteiger partial charge is 0.260 e. The molecule has 3 aromatic rings. The Labute approximate surface area is 158 Å². The van der Waals surface area contributed by atoms with Gasteiger partial charge in [0.05, 0.1) is 12.2 Å². The van der Waals surface area contributed by atoms with Crippen LogP contribution < -0.4 is 15.4 Å².